The number of aromatic nitrogens is 3. The van der Waals surface area contributed by atoms with Gasteiger partial charge in [-0.25, -0.2) is 0 Å². The number of hydrogen-bond donors (Lipinski definition) is 2. The number of amides is 2. The van der Waals surface area contributed by atoms with Gasteiger partial charge in [-0.05, 0) is 36.8 Å². The standard InChI is InChI=1S/C21H25N5O4S/c1-15-4-2-5-16(12-15)30-11-9-23-20(28)14-31-21-25-24-19(8-7-18(22)27)26(21)13-17-6-3-10-29-17/h2-6,10,12H,7-9,11,13-14H2,1H3,(H2,22,27)(H,23,28). The number of thioether (sulfide) groups is 1. The molecule has 10 heteroatoms. The molecule has 0 bridgehead atoms. The zero-order chi connectivity index (χ0) is 22.1. The van der Waals surface area contributed by atoms with Crippen molar-refractivity contribution in [1.82, 2.24) is 20.1 Å². The second-order valence-electron chi connectivity index (χ2n) is 6.83. The second-order valence-corrected chi connectivity index (χ2v) is 7.78. The summed E-state index contributed by atoms with van der Waals surface area (Å²) in [5.41, 5.74) is 6.37. The number of carbonyl (C=O) groups is 2. The van der Waals surface area contributed by atoms with Crippen LogP contribution in [0.4, 0.5) is 0 Å². The molecule has 0 radical (unpaired) electrons. The SMILES string of the molecule is Cc1cccc(OCCNC(=O)CSc2nnc(CCC(N)=O)n2Cc2ccco2)c1. The molecule has 3 N–H and O–H groups in total. The van der Waals surface area contributed by atoms with Crippen LogP contribution in [0.25, 0.3) is 0 Å². The molecule has 0 atom stereocenters. The summed E-state index contributed by atoms with van der Waals surface area (Å²) in [6, 6.07) is 11.4. The first kappa shape index (κ1) is 22.4. The Kier molecular flexibility index (Phi) is 8.11. The Balaban J connectivity index is 1.50. The minimum atomic E-state index is -0.408. The average molecular weight is 444 g/mol. The molecule has 1 aromatic carbocycles. The first-order valence-corrected chi connectivity index (χ1v) is 10.8. The highest BCUT2D eigenvalue weighted by Crippen LogP contribution is 2.19. The van der Waals surface area contributed by atoms with Crippen LogP contribution in [-0.2, 0) is 22.6 Å². The molecule has 0 aliphatic heterocycles. The van der Waals surface area contributed by atoms with E-state index in [4.69, 9.17) is 14.9 Å². The molecular formula is C21H25N5O4S. The third kappa shape index (κ3) is 7.18. The monoisotopic (exact) mass is 443 g/mol. The van der Waals surface area contributed by atoms with Crippen LogP contribution in [0.15, 0.2) is 52.2 Å². The Morgan fingerprint density at radius 2 is 2.13 bits per heavy atom. The Hall–Kier alpha value is -3.27. The second kappa shape index (κ2) is 11.2. The van der Waals surface area contributed by atoms with Crippen molar-refractivity contribution >= 4 is 23.6 Å². The highest BCUT2D eigenvalue weighted by Gasteiger charge is 2.16. The zero-order valence-corrected chi connectivity index (χ0v) is 18.1. The van der Waals surface area contributed by atoms with Crippen LogP contribution < -0.4 is 15.8 Å². The maximum atomic E-state index is 12.2. The predicted molar refractivity (Wildman–Crippen MR) is 116 cm³/mol. The summed E-state index contributed by atoms with van der Waals surface area (Å²) in [5.74, 6) is 1.75. The number of nitrogens with one attached hydrogen (secondary N) is 1. The van der Waals surface area contributed by atoms with Gasteiger partial charge in [-0.2, -0.15) is 0 Å². The molecule has 31 heavy (non-hydrogen) atoms. The molecule has 0 unspecified atom stereocenters. The van der Waals surface area contributed by atoms with Crippen LogP contribution >= 0.6 is 11.8 Å². The molecule has 2 heterocycles. The van der Waals surface area contributed by atoms with Crippen molar-refractivity contribution in [3.8, 4) is 5.75 Å². The Morgan fingerprint density at radius 1 is 1.26 bits per heavy atom. The lowest BCUT2D eigenvalue weighted by Crippen LogP contribution is -2.29. The first-order valence-electron chi connectivity index (χ1n) is 9.83. The lowest BCUT2D eigenvalue weighted by molar-refractivity contribution is -0.119. The van der Waals surface area contributed by atoms with E-state index in [-0.39, 0.29) is 18.1 Å². The predicted octanol–water partition coefficient (Wildman–Crippen LogP) is 1.93. The highest BCUT2D eigenvalue weighted by atomic mass is 32.2. The quantitative estimate of drug-likeness (QED) is 0.324. The molecular weight excluding hydrogens is 418 g/mol. The van der Waals surface area contributed by atoms with E-state index >= 15 is 0 Å². The van der Waals surface area contributed by atoms with Gasteiger partial charge in [0.2, 0.25) is 11.8 Å². The average Bonchev–Trinajstić information content (AvgIpc) is 3.39. The molecule has 0 saturated carbocycles. The van der Waals surface area contributed by atoms with E-state index in [1.807, 2.05) is 41.8 Å². The molecule has 3 rings (SSSR count). The van der Waals surface area contributed by atoms with Gasteiger partial charge in [-0.15, -0.1) is 10.2 Å². The molecule has 0 aliphatic carbocycles. The number of primary amides is 1. The number of nitrogens with zero attached hydrogens (tertiary/aromatic N) is 3. The van der Waals surface area contributed by atoms with Crippen LogP contribution in [0.1, 0.15) is 23.6 Å². The van der Waals surface area contributed by atoms with Gasteiger partial charge in [0.1, 0.15) is 23.9 Å². The minimum absolute atomic E-state index is 0.135. The van der Waals surface area contributed by atoms with E-state index in [1.54, 1.807) is 12.3 Å². The number of hydrogen-bond acceptors (Lipinski definition) is 7. The van der Waals surface area contributed by atoms with Crippen molar-refractivity contribution in [2.45, 2.75) is 31.5 Å². The topological polar surface area (TPSA) is 125 Å². The Bertz CT molecular complexity index is 1000. The summed E-state index contributed by atoms with van der Waals surface area (Å²) in [6.07, 6.45) is 2.12. The van der Waals surface area contributed by atoms with Crippen molar-refractivity contribution in [3.05, 3.63) is 59.8 Å². The fraction of sp³-hybridized carbons (Fsp3) is 0.333. The van der Waals surface area contributed by atoms with E-state index in [1.165, 1.54) is 11.8 Å². The summed E-state index contributed by atoms with van der Waals surface area (Å²) < 4.78 is 12.9. The lowest BCUT2D eigenvalue weighted by Gasteiger charge is -2.09. The fourth-order valence-corrected chi connectivity index (χ4v) is 3.60. The third-order valence-corrected chi connectivity index (χ3v) is 5.26. The van der Waals surface area contributed by atoms with Crippen molar-refractivity contribution in [3.63, 3.8) is 0 Å². The van der Waals surface area contributed by atoms with Gasteiger partial charge in [0.05, 0.1) is 25.1 Å². The highest BCUT2D eigenvalue weighted by molar-refractivity contribution is 7.99. The molecule has 0 aliphatic rings. The maximum absolute atomic E-state index is 12.2. The smallest absolute Gasteiger partial charge is 0.230 e. The fourth-order valence-electron chi connectivity index (χ4n) is 2.81. The summed E-state index contributed by atoms with van der Waals surface area (Å²) in [5, 5.41) is 11.7. The van der Waals surface area contributed by atoms with Gasteiger partial charge >= 0.3 is 0 Å². The van der Waals surface area contributed by atoms with Gasteiger partial charge in [0, 0.05) is 12.8 Å². The molecule has 0 saturated heterocycles. The van der Waals surface area contributed by atoms with E-state index in [2.05, 4.69) is 15.5 Å². The van der Waals surface area contributed by atoms with Crippen molar-refractivity contribution in [2.75, 3.05) is 18.9 Å². The number of aryl methyl sites for hydroxylation is 2. The molecule has 3 aromatic rings. The van der Waals surface area contributed by atoms with Gasteiger partial charge < -0.3 is 20.2 Å². The van der Waals surface area contributed by atoms with Gasteiger partial charge in [0.15, 0.2) is 5.16 Å². The van der Waals surface area contributed by atoms with Gasteiger partial charge in [0.25, 0.3) is 0 Å². The number of benzene rings is 1. The van der Waals surface area contributed by atoms with Crippen LogP contribution in [0.3, 0.4) is 0 Å². The summed E-state index contributed by atoms with van der Waals surface area (Å²) in [4.78, 5) is 23.3. The normalized spacial score (nSPS) is 10.7. The van der Waals surface area contributed by atoms with Crippen molar-refractivity contribution in [2.24, 2.45) is 5.73 Å². The Morgan fingerprint density at radius 3 is 2.87 bits per heavy atom. The van der Waals surface area contributed by atoms with E-state index in [0.717, 1.165) is 17.1 Å². The summed E-state index contributed by atoms with van der Waals surface area (Å²) >= 11 is 1.27. The molecule has 2 amide bonds. The third-order valence-electron chi connectivity index (χ3n) is 4.30. The van der Waals surface area contributed by atoms with Crippen LogP contribution in [-0.4, -0.2) is 45.5 Å². The molecule has 9 nitrogen and oxygen atoms in total. The van der Waals surface area contributed by atoms with Crippen LogP contribution in [0.5, 0.6) is 5.75 Å². The van der Waals surface area contributed by atoms with Crippen molar-refractivity contribution in [1.29, 1.82) is 0 Å². The summed E-state index contributed by atoms with van der Waals surface area (Å²) in [7, 11) is 0. The summed E-state index contributed by atoms with van der Waals surface area (Å²) in [6.45, 7) is 3.18. The minimum Gasteiger partial charge on any atom is -0.492 e. The van der Waals surface area contributed by atoms with E-state index in [0.29, 0.717) is 37.1 Å². The van der Waals surface area contributed by atoms with Gasteiger partial charge in [-0.3, -0.25) is 14.2 Å². The number of ether oxygens (including phenoxy) is 1. The zero-order valence-electron chi connectivity index (χ0n) is 17.2. The van der Waals surface area contributed by atoms with Gasteiger partial charge in [-0.1, -0.05) is 23.9 Å². The van der Waals surface area contributed by atoms with Crippen LogP contribution in [0, 0.1) is 6.92 Å². The largest absolute Gasteiger partial charge is 0.492 e. The molecule has 2 aromatic heterocycles. The van der Waals surface area contributed by atoms with Crippen LogP contribution in [0.2, 0.25) is 0 Å². The Labute approximate surface area is 184 Å². The molecule has 164 valence electrons. The number of rotatable bonds is 12. The van der Waals surface area contributed by atoms with E-state index in [9.17, 15) is 9.59 Å². The first-order chi connectivity index (χ1) is 15.0. The molecule has 0 fully saturated rings. The number of nitrogens with two attached hydrogens (primary N) is 1. The number of furan rings is 1. The molecule has 0 spiro atoms. The lowest BCUT2D eigenvalue weighted by atomic mass is 10.2. The van der Waals surface area contributed by atoms with Crippen molar-refractivity contribution < 1.29 is 18.7 Å². The maximum Gasteiger partial charge on any atom is 0.230 e. The number of carbonyl (C=O) groups excluding carboxylic acids is 2. The van der Waals surface area contributed by atoms with E-state index < -0.39 is 5.91 Å².